The lowest BCUT2D eigenvalue weighted by atomic mass is 9.90. The third kappa shape index (κ3) is 5.97. The molecule has 32 heavy (non-hydrogen) atoms. The van der Waals surface area contributed by atoms with E-state index in [1.54, 1.807) is 36.4 Å². The molecule has 0 bridgehead atoms. The number of aromatic hydroxyl groups is 2. The van der Waals surface area contributed by atoms with Gasteiger partial charge in [0.15, 0.2) is 28.8 Å². The maximum atomic E-state index is 11.9. The number of carbonyl (C=O) groups is 1. The van der Waals surface area contributed by atoms with Crippen molar-refractivity contribution in [3.05, 3.63) is 77.1 Å². The fraction of sp³-hybridized carbons (Fsp3) is 0.136. The largest absolute Gasteiger partial charge is 0.504 e. The third-order valence-electron chi connectivity index (χ3n) is 4.39. The van der Waals surface area contributed by atoms with Crippen molar-refractivity contribution in [1.82, 2.24) is 0 Å². The van der Waals surface area contributed by atoms with E-state index in [0.29, 0.717) is 11.5 Å². The van der Waals surface area contributed by atoms with Gasteiger partial charge in [-0.25, -0.2) is 0 Å². The number of allylic oxidation sites excluding steroid dienone is 4. The summed E-state index contributed by atoms with van der Waals surface area (Å²) < 4.78 is 38.5. The van der Waals surface area contributed by atoms with Gasteiger partial charge in [-0.2, -0.15) is 4.21 Å². The average molecular weight is 462 g/mol. The van der Waals surface area contributed by atoms with Crippen LogP contribution < -0.4 is 9.47 Å². The molecule has 170 valence electrons. The van der Waals surface area contributed by atoms with Crippen LogP contribution in [-0.4, -0.2) is 50.6 Å². The Hall–Kier alpha value is -3.60. The van der Waals surface area contributed by atoms with Gasteiger partial charge in [-0.1, -0.05) is 18.2 Å². The van der Waals surface area contributed by atoms with Gasteiger partial charge < -0.3 is 24.4 Å². The Labute approximate surface area is 187 Å². The molecule has 9 nitrogen and oxygen atoms in total. The second-order valence-electron chi connectivity index (χ2n) is 6.24. The maximum Gasteiger partial charge on any atom is 0.299 e. The highest BCUT2D eigenvalue weighted by atomic mass is 32.2. The highest BCUT2D eigenvalue weighted by Crippen LogP contribution is 2.38. The van der Waals surface area contributed by atoms with Gasteiger partial charge in [-0.3, -0.25) is 13.9 Å². The first kappa shape index (κ1) is 24.7. The molecule has 0 fully saturated rings. The molecule has 10 heteroatoms. The normalized spacial score (nSPS) is 12.6. The Morgan fingerprint density at radius 3 is 1.69 bits per heavy atom. The predicted octanol–water partition coefficient (Wildman–Crippen LogP) is 3.27. The van der Waals surface area contributed by atoms with Crippen molar-refractivity contribution < 1.29 is 42.5 Å². The lowest BCUT2D eigenvalue weighted by Gasteiger charge is -2.17. The molecular formula is C22H22O9S. The summed E-state index contributed by atoms with van der Waals surface area (Å²) in [6.07, 6.45) is 4.78. The summed E-state index contributed by atoms with van der Waals surface area (Å²) >= 11 is -2.61. The lowest BCUT2D eigenvalue weighted by Crippen LogP contribution is -2.06. The summed E-state index contributed by atoms with van der Waals surface area (Å²) in [6.45, 7) is 0. The third-order valence-corrected chi connectivity index (χ3v) is 4.39. The van der Waals surface area contributed by atoms with E-state index in [1.165, 1.54) is 39.5 Å². The lowest BCUT2D eigenvalue weighted by molar-refractivity contribution is -0.114. The van der Waals surface area contributed by atoms with Crippen LogP contribution >= 0.6 is 0 Å². The van der Waals surface area contributed by atoms with Gasteiger partial charge in [0.2, 0.25) is 5.78 Å². The Morgan fingerprint density at radius 2 is 1.28 bits per heavy atom. The number of ether oxygens (including phenoxy) is 3. The Kier molecular flexibility index (Phi) is 8.59. The molecule has 2 aromatic rings. The molecule has 0 aromatic heterocycles. The zero-order valence-electron chi connectivity index (χ0n) is 17.4. The minimum atomic E-state index is -2.61. The molecule has 4 N–H and O–H groups in total. The molecule has 1 aliphatic rings. The van der Waals surface area contributed by atoms with Crippen LogP contribution in [0.5, 0.6) is 23.0 Å². The number of hydrogen-bond acceptors (Lipinski definition) is 7. The zero-order chi connectivity index (χ0) is 23.8. The number of carbonyl (C=O) groups excluding carboxylic acids is 1. The van der Waals surface area contributed by atoms with E-state index in [0.717, 1.165) is 22.3 Å². The molecule has 0 spiro atoms. The van der Waals surface area contributed by atoms with Crippen molar-refractivity contribution in [3.8, 4) is 23.0 Å². The standard InChI is InChI=1S/C22H20O6.H2O3S/c1-26-19-10-13(4-7-16(19)23)22(14-5-8-17(24)20(11-14)27-2)15-6-9-18(25)21(12-15)28-3;1-4(2)3/h4-12,23-24H,1-3H3;(H2,1,2,3). The maximum absolute atomic E-state index is 11.9. The first-order valence-electron chi connectivity index (χ1n) is 8.98. The topological polar surface area (TPSA) is 143 Å². The van der Waals surface area contributed by atoms with Crippen LogP contribution in [0, 0.1) is 0 Å². The molecule has 0 aliphatic heterocycles. The zero-order valence-corrected chi connectivity index (χ0v) is 18.3. The van der Waals surface area contributed by atoms with E-state index in [-0.39, 0.29) is 23.0 Å². The second-order valence-corrected chi connectivity index (χ2v) is 6.71. The molecule has 2 aromatic carbocycles. The van der Waals surface area contributed by atoms with Crippen LogP contribution in [0.1, 0.15) is 11.1 Å². The molecule has 0 amide bonds. The number of phenols is 2. The molecular weight excluding hydrogens is 440 g/mol. The number of phenolic OH excluding ortho intramolecular Hbond substituents is 2. The highest BCUT2D eigenvalue weighted by molar-refractivity contribution is 7.73. The van der Waals surface area contributed by atoms with Crippen molar-refractivity contribution in [3.63, 3.8) is 0 Å². The monoisotopic (exact) mass is 462 g/mol. The summed E-state index contributed by atoms with van der Waals surface area (Å²) in [5, 5.41) is 19.9. The Morgan fingerprint density at radius 1 is 0.812 bits per heavy atom. The number of hydrogen-bond donors (Lipinski definition) is 4. The molecule has 1 aliphatic carbocycles. The van der Waals surface area contributed by atoms with E-state index < -0.39 is 11.4 Å². The molecule has 3 rings (SSSR count). The Bertz CT molecular complexity index is 1060. The van der Waals surface area contributed by atoms with Crippen molar-refractivity contribution in [2.75, 3.05) is 21.3 Å². The van der Waals surface area contributed by atoms with Gasteiger partial charge in [0, 0.05) is 0 Å². The smallest absolute Gasteiger partial charge is 0.299 e. The average Bonchev–Trinajstić information content (AvgIpc) is 2.76. The van der Waals surface area contributed by atoms with Crippen LogP contribution in [0.4, 0.5) is 0 Å². The minimum absolute atomic E-state index is 0.0152. The number of ketones is 1. The van der Waals surface area contributed by atoms with Crippen molar-refractivity contribution >= 4 is 22.7 Å². The van der Waals surface area contributed by atoms with Gasteiger partial charge in [-0.05, 0) is 58.7 Å². The minimum Gasteiger partial charge on any atom is -0.504 e. The summed E-state index contributed by atoms with van der Waals surface area (Å²) in [4.78, 5) is 11.9. The SMILES string of the molecule is COC1=CC(=C(c2ccc(O)c(OC)c2)c2ccc(O)c(OC)c2)C=CC1=O.O=S(O)O. The summed E-state index contributed by atoms with van der Waals surface area (Å²) in [5.74, 6) is 0.646. The van der Waals surface area contributed by atoms with E-state index in [2.05, 4.69) is 0 Å². The number of benzene rings is 2. The predicted molar refractivity (Wildman–Crippen MR) is 118 cm³/mol. The quantitative estimate of drug-likeness (QED) is 0.492. The number of rotatable bonds is 5. The van der Waals surface area contributed by atoms with Crippen LogP contribution in [0.15, 0.2) is 66.0 Å². The molecule has 0 atom stereocenters. The molecule has 0 radical (unpaired) electrons. The van der Waals surface area contributed by atoms with E-state index in [1.807, 2.05) is 0 Å². The van der Waals surface area contributed by atoms with Crippen LogP contribution in [0.2, 0.25) is 0 Å². The first-order chi connectivity index (χ1) is 15.2. The fourth-order valence-corrected chi connectivity index (χ4v) is 2.99. The fourth-order valence-electron chi connectivity index (χ4n) is 2.99. The van der Waals surface area contributed by atoms with E-state index >= 15 is 0 Å². The van der Waals surface area contributed by atoms with E-state index in [9.17, 15) is 15.0 Å². The second kappa shape index (κ2) is 11.1. The van der Waals surface area contributed by atoms with Crippen LogP contribution in [0.3, 0.4) is 0 Å². The van der Waals surface area contributed by atoms with Gasteiger partial charge in [-0.15, -0.1) is 0 Å². The van der Waals surface area contributed by atoms with Crippen molar-refractivity contribution in [2.45, 2.75) is 0 Å². The van der Waals surface area contributed by atoms with E-state index in [4.69, 9.17) is 27.5 Å². The van der Waals surface area contributed by atoms with Gasteiger partial charge in [0.05, 0.1) is 21.3 Å². The first-order valence-corrected chi connectivity index (χ1v) is 10.0. The molecule has 0 heterocycles. The van der Waals surface area contributed by atoms with Crippen molar-refractivity contribution in [2.24, 2.45) is 0 Å². The van der Waals surface area contributed by atoms with Crippen molar-refractivity contribution in [1.29, 1.82) is 0 Å². The molecule has 0 saturated heterocycles. The molecule has 0 unspecified atom stereocenters. The van der Waals surface area contributed by atoms with Crippen LogP contribution in [-0.2, 0) is 20.9 Å². The summed E-state index contributed by atoms with van der Waals surface area (Å²) in [5.41, 5.74) is 2.94. The van der Waals surface area contributed by atoms with Gasteiger partial charge >= 0.3 is 0 Å². The molecule has 0 saturated carbocycles. The highest BCUT2D eigenvalue weighted by Gasteiger charge is 2.19. The Balaban J connectivity index is 0.000000837. The summed E-state index contributed by atoms with van der Waals surface area (Å²) in [6, 6.07) is 9.94. The van der Waals surface area contributed by atoms with Gasteiger partial charge in [0.1, 0.15) is 0 Å². The van der Waals surface area contributed by atoms with Crippen LogP contribution in [0.25, 0.3) is 5.57 Å². The van der Waals surface area contributed by atoms with Gasteiger partial charge in [0.25, 0.3) is 11.4 Å². The number of methoxy groups -OCH3 is 3. The summed E-state index contributed by atoms with van der Waals surface area (Å²) in [7, 11) is 4.38.